The maximum absolute atomic E-state index is 10.5. The molecule has 8 atom stereocenters. The molecule has 3 N–H and O–H groups in total. The van der Waals surface area contributed by atoms with E-state index < -0.39 is 5.60 Å². The molecular weight excluding hydrogens is 396 g/mol. The first-order valence-electron chi connectivity index (χ1n) is 13.3. The Kier molecular flexibility index (Phi) is 6.53. The molecule has 0 aromatic carbocycles. The molecule has 0 aromatic rings. The zero-order valence-electron chi connectivity index (χ0n) is 21.5. The van der Waals surface area contributed by atoms with E-state index in [-0.39, 0.29) is 24.5 Å². The van der Waals surface area contributed by atoms with Gasteiger partial charge < -0.3 is 15.3 Å². The first-order chi connectivity index (χ1) is 14.9. The predicted molar refractivity (Wildman–Crippen MR) is 131 cm³/mol. The van der Waals surface area contributed by atoms with Crippen LogP contribution in [0.2, 0.25) is 0 Å². The number of hydrogen-bond donors (Lipinski definition) is 3. The van der Waals surface area contributed by atoms with Gasteiger partial charge in [0.1, 0.15) is 0 Å². The van der Waals surface area contributed by atoms with Gasteiger partial charge in [0.05, 0.1) is 11.7 Å². The minimum absolute atomic E-state index is 0.0406. The van der Waals surface area contributed by atoms with E-state index in [0.29, 0.717) is 10.8 Å². The summed E-state index contributed by atoms with van der Waals surface area (Å²) in [5, 5.41) is 30.7. The fraction of sp³-hybridized carbons (Fsp3) is 0.862. The van der Waals surface area contributed by atoms with Gasteiger partial charge in [-0.2, -0.15) is 0 Å². The molecule has 0 amide bonds. The highest BCUT2D eigenvalue weighted by atomic mass is 16.3. The largest absolute Gasteiger partial charge is 0.396 e. The molecule has 3 heteroatoms. The van der Waals surface area contributed by atoms with Crippen molar-refractivity contribution in [3.8, 4) is 0 Å². The zero-order valence-corrected chi connectivity index (χ0v) is 21.5. The molecule has 0 aromatic heterocycles. The number of rotatable bonds is 5. The molecule has 182 valence electrons. The van der Waals surface area contributed by atoms with E-state index in [0.717, 1.165) is 43.4 Å². The third-order valence-electron chi connectivity index (χ3n) is 10.8. The molecular formula is C29H48O3. The summed E-state index contributed by atoms with van der Waals surface area (Å²) in [6, 6.07) is 0. The van der Waals surface area contributed by atoms with Crippen LogP contribution in [0.15, 0.2) is 22.8 Å². The smallest absolute Gasteiger partial charge is 0.0644 e. The third-order valence-corrected chi connectivity index (χ3v) is 10.8. The van der Waals surface area contributed by atoms with E-state index in [2.05, 4.69) is 33.8 Å². The van der Waals surface area contributed by atoms with Crippen LogP contribution in [0.3, 0.4) is 0 Å². The van der Waals surface area contributed by atoms with Crippen LogP contribution in [0.25, 0.3) is 0 Å². The minimum atomic E-state index is -0.853. The lowest BCUT2D eigenvalue weighted by Crippen LogP contribution is -2.49. The van der Waals surface area contributed by atoms with Crippen molar-refractivity contribution in [2.24, 2.45) is 40.4 Å². The van der Waals surface area contributed by atoms with Gasteiger partial charge >= 0.3 is 0 Å². The Morgan fingerprint density at radius 3 is 2.44 bits per heavy atom. The number of aliphatic hydroxyl groups is 3. The average Bonchev–Trinajstić information content (AvgIpc) is 3.05. The van der Waals surface area contributed by atoms with Gasteiger partial charge in [-0.1, -0.05) is 43.6 Å². The van der Waals surface area contributed by atoms with Crippen LogP contribution in [0.5, 0.6) is 0 Å². The molecule has 0 aliphatic heterocycles. The van der Waals surface area contributed by atoms with Gasteiger partial charge in [-0.25, -0.2) is 0 Å². The molecule has 0 bridgehead atoms. The van der Waals surface area contributed by atoms with Gasteiger partial charge in [-0.05, 0) is 113 Å². The Hall–Kier alpha value is -0.640. The first kappa shape index (κ1) is 24.5. The van der Waals surface area contributed by atoms with E-state index in [1.807, 2.05) is 13.8 Å². The molecule has 0 saturated heterocycles. The Morgan fingerprint density at radius 1 is 1.12 bits per heavy atom. The molecule has 0 radical (unpaired) electrons. The highest BCUT2D eigenvalue weighted by Crippen LogP contribution is 2.66. The maximum atomic E-state index is 10.5. The molecule has 0 heterocycles. The number of fused-ring (bicyclic) bond motifs is 5. The van der Waals surface area contributed by atoms with E-state index in [4.69, 9.17) is 0 Å². The Morgan fingerprint density at radius 2 is 1.78 bits per heavy atom. The first-order valence-corrected chi connectivity index (χ1v) is 13.3. The van der Waals surface area contributed by atoms with Crippen LogP contribution in [-0.4, -0.2) is 33.6 Å². The van der Waals surface area contributed by atoms with E-state index in [9.17, 15) is 15.3 Å². The van der Waals surface area contributed by atoms with Crippen LogP contribution in [-0.2, 0) is 0 Å². The van der Waals surface area contributed by atoms with Gasteiger partial charge in [0.15, 0.2) is 0 Å². The molecule has 4 aliphatic rings. The summed E-state index contributed by atoms with van der Waals surface area (Å²) in [6.45, 7) is 13.3. The fourth-order valence-electron chi connectivity index (χ4n) is 9.00. The quantitative estimate of drug-likeness (QED) is 0.454. The fourth-order valence-corrected chi connectivity index (χ4v) is 9.00. The number of allylic oxidation sites excluding steroid dienone is 3. The van der Waals surface area contributed by atoms with Crippen molar-refractivity contribution in [1.82, 2.24) is 0 Å². The molecule has 32 heavy (non-hydrogen) atoms. The Balaban J connectivity index is 1.56. The Bertz CT molecular complexity index is 774. The van der Waals surface area contributed by atoms with E-state index in [1.165, 1.54) is 37.7 Å². The summed E-state index contributed by atoms with van der Waals surface area (Å²) in [5.74, 6) is 2.50. The second-order valence-electron chi connectivity index (χ2n) is 13.0. The van der Waals surface area contributed by atoms with Crippen molar-refractivity contribution in [2.75, 3.05) is 6.61 Å². The van der Waals surface area contributed by atoms with Crippen LogP contribution in [0.4, 0.5) is 0 Å². The Labute approximate surface area is 196 Å². The standard InChI is InChI=1S/C29H48O3/c1-18(15-19(2)26(17-30)27(3,4)32)23-9-10-24-22-8-7-20-16-21(31)11-13-28(20,5)25(22)12-14-29(23,24)6/h7,19,21-22,24-26,30-32H,8-17H2,1-6H3/t19?,21?,22-,24-,25-,26?,28-,29+/m0/s1. The van der Waals surface area contributed by atoms with Crippen LogP contribution >= 0.6 is 0 Å². The van der Waals surface area contributed by atoms with Crippen LogP contribution in [0, 0.1) is 40.4 Å². The maximum Gasteiger partial charge on any atom is 0.0644 e. The molecule has 3 unspecified atom stereocenters. The van der Waals surface area contributed by atoms with Gasteiger partial charge in [0.25, 0.3) is 0 Å². The second kappa shape index (κ2) is 8.54. The van der Waals surface area contributed by atoms with Gasteiger partial charge in [-0.3, -0.25) is 0 Å². The molecule has 3 nitrogen and oxygen atoms in total. The summed E-state index contributed by atoms with van der Waals surface area (Å²) in [7, 11) is 0. The van der Waals surface area contributed by atoms with E-state index >= 15 is 0 Å². The van der Waals surface area contributed by atoms with Crippen molar-refractivity contribution in [3.05, 3.63) is 22.8 Å². The highest BCUT2D eigenvalue weighted by molar-refractivity contribution is 5.31. The van der Waals surface area contributed by atoms with E-state index in [1.54, 1.807) is 11.1 Å². The zero-order chi connectivity index (χ0) is 23.5. The minimum Gasteiger partial charge on any atom is -0.396 e. The predicted octanol–water partition coefficient (Wildman–Crippen LogP) is 6.03. The molecule has 0 spiro atoms. The van der Waals surface area contributed by atoms with Crippen molar-refractivity contribution in [1.29, 1.82) is 0 Å². The van der Waals surface area contributed by atoms with Gasteiger partial charge in [0.2, 0.25) is 0 Å². The van der Waals surface area contributed by atoms with Crippen molar-refractivity contribution >= 4 is 0 Å². The topological polar surface area (TPSA) is 60.7 Å². The summed E-state index contributed by atoms with van der Waals surface area (Å²) < 4.78 is 0. The SMILES string of the molecule is CC(CC(C)C(CO)C(C)(C)O)=C1CC[C@H]2[C@@H]3CC=C4CC(O)CC[C@]4(C)[C@H]3CC[C@]12C. The van der Waals surface area contributed by atoms with Crippen molar-refractivity contribution in [3.63, 3.8) is 0 Å². The summed E-state index contributed by atoms with van der Waals surface area (Å²) >= 11 is 0. The molecule has 4 aliphatic carbocycles. The third kappa shape index (κ3) is 3.95. The highest BCUT2D eigenvalue weighted by Gasteiger charge is 2.57. The molecule has 4 rings (SSSR count). The molecule has 3 saturated carbocycles. The normalized spacial score (nSPS) is 43.0. The summed E-state index contributed by atoms with van der Waals surface area (Å²) in [6.07, 6.45) is 12.7. The van der Waals surface area contributed by atoms with Crippen molar-refractivity contribution in [2.45, 2.75) is 111 Å². The monoisotopic (exact) mass is 444 g/mol. The second-order valence-corrected chi connectivity index (χ2v) is 13.0. The van der Waals surface area contributed by atoms with Crippen LogP contribution in [0.1, 0.15) is 99.3 Å². The lowest BCUT2D eigenvalue weighted by molar-refractivity contribution is -0.0332. The number of aliphatic hydroxyl groups excluding tert-OH is 2. The van der Waals surface area contributed by atoms with Crippen molar-refractivity contribution < 1.29 is 15.3 Å². The van der Waals surface area contributed by atoms with Crippen LogP contribution < -0.4 is 0 Å². The van der Waals surface area contributed by atoms with Gasteiger partial charge in [-0.15, -0.1) is 0 Å². The summed E-state index contributed by atoms with van der Waals surface area (Å²) in [4.78, 5) is 0. The average molecular weight is 445 g/mol. The van der Waals surface area contributed by atoms with Gasteiger partial charge in [0, 0.05) is 12.5 Å². The lowest BCUT2D eigenvalue weighted by atomic mass is 9.47. The molecule has 3 fully saturated rings. The number of hydrogen-bond acceptors (Lipinski definition) is 3. The lowest BCUT2D eigenvalue weighted by Gasteiger charge is -2.57. The summed E-state index contributed by atoms with van der Waals surface area (Å²) in [5.41, 5.74) is 4.53.